The van der Waals surface area contributed by atoms with E-state index < -0.39 is 16.1 Å². The Labute approximate surface area is 125 Å². The number of sulfonamides is 1. The second kappa shape index (κ2) is 6.08. The highest BCUT2D eigenvalue weighted by Crippen LogP contribution is 2.17. The molecule has 1 N–H and O–H groups in total. The van der Waals surface area contributed by atoms with E-state index in [9.17, 15) is 13.7 Å². The molecule has 2 rings (SSSR count). The number of nitriles is 1. The summed E-state index contributed by atoms with van der Waals surface area (Å²) in [6.45, 7) is 3.82. The van der Waals surface area contributed by atoms with E-state index in [2.05, 4.69) is 4.72 Å². The molecule has 2 aromatic carbocycles. The molecule has 0 heterocycles. The van der Waals surface area contributed by atoms with E-state index in [-0.39, 0.29) is 4.90 Å². The van der Waals surface area contributed by atoms with Gasteiger partial charge in [0.1, 0.15) is 6.04 Å². The van der Waals surface area contributed by atoms with Crippen molar-refractivity contribution in [2.75, 3.05) is 0 Å². The summed E-state index contributed by atoms with van der Waals surface area (Å²) >= 11 is 0. The van der Waals surface area contributed by atoms with Crippen LogP contribution < -0.4 is 4.72 Å². The summed E-state index contributed by atoms with van der Waals surface area (Å²) in [7, 11) is -3.72. The van der Waals surface area contributed by atoms with Gasteiger partial charge in [0.2, 0.25) is 10.0 Å². The summed E-state index contributed by atoms with van der Waals surface area (Å²) < 4.78 is 27.0. The molecule has 0 bridgehead atoms. The minimum atomic E-state index is -3.72. The van der Waals surface area contributed by atoms with Gasteiger partial charge in [-0.25, -0.2) is 8.42 Å². The van der Waals surface area contributed by atoms with Gasteiger partial charge in [-0.15, -0.1) is 0 Å². The number of aryl methyl sites for hydroxylation is 2. The molecular formula is C16H16N2O2S. The summed E-state index contributed by atoms with van der Waals surface area (Å²) in [6, 6.07) is 14.8. The van der Waals surface area contributed by atoms with Crippen molar-refractivity contribution < 1.29 is 8.42 Å². The van der Waals surface area contributed by atoms with Gasteiger partial charge in [0, 0.05) is 0 Å². The topological polar surface area (TPSA) is 70.0 Å². The van der Waals surface area contributed by atoms with Gasteiger partial charge < -0.3 is 0 Å². The maximum atomic E-state index is 12.3. The summed E-state index contributed by atoms with van der Waals surface area (Å²) in [6.07, 6.45) is 0. The lowest BCUT2D eigenvalue weighted by molar-refractivity contribution is 0.575. The lowest BCUT2D eigenvalue weighted by Crippen LogP contribution is -2.27. The molecule has 1 atom stereocenters. The highest BCUT2D eigenvalue weighted by molar-refractivity contribution is 7.89. The molecule has 0 spiro atoms. The van der Waals surface area contributed by atoms with E-state index in [0.29, 0.717) is 5.56 Å². The molecular weight excluding hydrogens is 284 g/mol. The van der Waals surface area contributed by atoms with E-state index in [1.165, 1.54) is 12.1 Å². The van der Waals surface area contributed by atoms with Crippen LogP contribution in [-0.4, -0.2) is 8.42 Å². The predicted octanol–water partition coefficient (Wildman–Crippen LogP) is 2.85. The molecule has 1 unspecified atom stereocenters. The molecule has 0 aliphatic rings. The first-order chi connectivity index (χ1) is 9.92. The summed E-state index contributed by atoms with van der Waals surface area (Å²) in [4.78, 5) is 0.153. The van der Waals surface area contributed by atoms with Crippen LogP contribution >= 0.6 is 0 Å². The van der Waals surface area contributed by atoms with Crippen LogP contribution in [0.25, 0.3) is 0 Å². The van der Waals surface area contributed by atoms with Crippen LogP contribution in [-0.2, 0) is 10.0 Å². The maximum Gasteiger partial charge on any atom is 0.241 e. The van der Waals surface area contributed by atoms with Crippen molar-refractivity contribution in [1.29, 1.82) is 5.26 Å². The third-order valence-electron chi connectivity index (χ3n) is 3.14. The largest absolute Gasteiger partial charge is 0.241 e. The Kier molecular flexibility index (Phi) is 4.41. The number of benzene rings is 2. The van der Waals surface area contributed by atoms with Gasteiger partial charge in [-0.3, -0.25) is 0 Å². The lowest BCUT2D eigenvalue weighted by atomic mass is 10.1. The van der Waals surface area contributed by atoms with Gasteiger partial charge in [-0.2, -0.15) is 9.98 Å². The van der Waals surface area contributed by atoms with E-state index in [4.69, 9.17) is 0 Å². The number of rotatable bonds is 4. The number of nitrogens with one attached hydrogen (secondary N) is 1. The van der Waals surface area contributed by atoms with Crippen LogP contribution in [0.15, 0.2) is 53.4 Å². The number of hydrogen-bond donors (Lipinski definition) is 1. The van der Waals surface area contributed by atoms with Crippen LogP contribution in [0.1, 0.15) is 22.7 Å². The van der Waals surface area contributed by atoms with Crippen molar-refractivity contribution >= 4 is 10.0 Å². The molecule has 4 nitrogen and oxygen atoms in total. The quantitative estimate of drug-likeness (QED) is 0.944. The normalized spacial score (nSPS) is 12.6. The van der Waals surface area contributed by atoms with E-state index in [0.717, 1.165) is 11.1 Å². The van der Waals surface area contributed by atoms with Crippen molar-refractivity contribution in [2.45, 2.75) is 24.8 Å². The molecule has 0 aromatic heterocycles. The molecule has 0 aliphatic carbocycles. The molecule has 0 amide bonds. The number of nitrogens with zero attached hydrogens (tertiary/aromatic N) is 1. The molecule has 2 aromatic rings. The lowest BCUT2D eigenvalue weighted by Gasteiger charge is -2.13. The first kappa shape index (κ1) is 15.2. The van der Waals surface area contributed by atoms with Crippen LogP contribution in [0, 0.1) is 25.2 Å². The molecule has 0 fully saturated rings. The Hall–Kier alpha value is -2.16. The summed E-state index contributed by atoms with van der Waals surface area (Å²) in [5.41, 5.74) is 2.65. The van der Waals surface area contributed by atoms with Gasteiger partial charge in [0.15, 0.2) is 0 Å². The fourth-order valence-corrected chi connectivity index (χ4v) is 3.00. The Morgan fingerprint density at radius 2 is 1.43 bits per heavy atom. The summed E-state index contributed by atoms with van der Waals surface area (Å²) in [5, 5.41) is 9.23. The third kappa shape index (κ3) is 3.69. The van der Waals surface area contributed by atoms with Crippen LogP contribution in [0.4, 0.5) is 0 Å². The van der Waals surface area contributed by atoms with Crippen LogP contribution in [0.2, 0.25) is 0 Å². The average Bonchev–Trinajstić information content (AvgIpc) is 2.46. The monoisotopic (exact) mass is 300 g/mol. The molecule has 0 saturated heterocycles. The highest BCUT2D eigenvalue weighted by atomic mass is 32.2. The predicted molar refractivity (Wildman–Crippen MR) is 81.0 cm³/mol. The van der Waals surface area contributed by atoms with Gasteiger partial charge in [-0.05, 0) is 31.5 Å². The molecule has 0 saturated carbocycles. The fraction of sp³-hybridized carbons (Fsp3) is 0.188. The molecule has 21 heavy (non-hydrogen) atoms. The van der Waals surface area contributed by atoms with Crippen molar-refractivity contribution in [3.8, 4) is 6.07 Å². The SMILES string of the molecule is Cc1ccc(C(C#N)NS(=O)(=O)c2ccc(C)cc2)cc1. The van der Waals surface area contributed by atoms with Gasteiger partial charge in [0.05, 0.1) is 11.0 Å². The first-order valence-corrected chi connectivity index (χ1v) is 7.96. The molecule has 0 radical (unpaired) electrons. The Balaban J connectivity index is 2.27. The summed E-state index contributed by atoms with van der Waals surface area (Å²) in [5.74, 6) is 0. The second-order valence-corrected chi connectivity index (χ2v) is 6.62. The van der Waals surface area contributed by atoms with Crippen LogP contribution in [0.3, 0.4) is 0 Å². The molecule has 0 aliphatic heterocycles. The zero-order valence-electron chi connectivity index (χ0n) is 11.9. The Morgan fingerprint density at radius 1 is 0.952 bits per heavy atom. The zero-order chi connectivity index (χ0) is 15.5. The minimum Gasteiger partial charge on any atom is -0.207 e. The van der Waals surface area contributed by atoms with Crippen molar-refractivity contribution in [3.05, 3.63) is 65.2 Å². The van der Waals surface area contributed by atoms with E-state index >= 15 is 0 Å². The van der Waals surface area contributed by atoms with Crippen molar-refractivity contribution in [2.24, 2.45) is 0 Å². The van der Waals surface area contributed by atoms with E-state index in [1.807, 2.05) is 32.0 Å². The zero-order valence-corrected chi connectivity index (χ0v) is 12.7. The van der Waals surface area contributed by atoms with E-state index in [1.54, 1.807) is 24.3 Å². The van der Waals surface area contributed by atoms with Gasteiger partial charge in [0.25, 0.3) is 0 Å². The third-order valence-corrected chi connectivity index (χ3v) is 4.58. The standard InChI is InChI=1S/C16H16N2O2S/c1-12-3-7-14(8-4-12)16(11-17)18-21(19,20)15-9-5-13(2)6-10-15/h3-10,16,18H,1-2H3. The average molecular weight is 300 g/mol. The maximum absolute atomic E-state index is 12.3. The number of hydrogen-bond acceptors (Lipinski definition) is 3. The first-order valence-electron chi connectivity index (χ1n) is 6.47. The smallest absolute Gasteiger partial charge is 0.207 e. The Morgan fingerprint density at radius 3 is 1.90 bits per heavy atom. The Bertz CT molecular complexity index is 757. The minimum absolute atomic E-state index is 0.153. The highest BCUT2D eigenvalue weighted by Gasteiger charge is 2.20. The van der Waals surface area contributed by atoms with Crippen molar-refractivity contribution in [1.82, 2.24) is 4.72 Å². The van der Waals surface area contributed by atoms with Crippen LogP contribution in [0.5, 0.6) is 0 Å². The fourth-order valence-electron chi connectivity index (χ4n) is 1.87. The molecule has 108 valence electrons. The van der Waals surface area contributed by atoms with Crippen molar-refractivity contribution in [3.63, 3.8) is 0 Å². The van der Waals surface area contributed by atoms with Gasteiger partial charge >= 0.3 is 0 Å². The van der Waals surface area contributed by atoms with Gasteiger partial charge in [-0.1, -0.05) is 47.5 Å². The second-order valence-electron chi connectivity index (χ2n) is 4.91. The molecule has 5 heteroatoms.